The summed E-state index contributed by atoms with van der Waals surface area (Å²) in [7, 11) is 0. The number of carbonyl (C=O) groups is 1. The smallest absolute Gasteiger partial charge is 0.251 e. The zero-order valence-corrected chi connectivity index (χ0v) is 10.4. The summed E-state index contributed by atoms with van der Waals surface area (Å²) in [6, 6.07) is 5.45. The second-order valence-electron chi connectivity index (χ2n) is 4.37. The molecule has 0 unspecified atom stereocenters. The van der Waals surface area contributed by atoms with Crippen LogP contribution in [0.4, 0.5) is 0 Å². The average molecular weight is 255 g/mol. The molecule has 19 heavy (non-hydrogen) atoms. The molecule has 0 aliphatic carbocycles. The molecule has 0 saturated carbocycles. The second-order valence-corrected chi connectivity index (χ2v) is 4.37. The molecule has 2 heterocycles. The van der Waals surface area contributed by atoms with E-state index in [9.17, 15) is 4.79 Å². The molecule has 0 aliphatic heterocycles. The van der Waals surface area contributed by atoms with Crippen molar-refractivity contribution in [1.82, 2.24) is 25.7 Å². The van der Waals surface area contributed by atoms with Crippen molar-refractivity contribution < 1.29 is 4.79 Å². The maximum absolute atomic E-state index is 12.0. The zero-order chi connectivity index (χ0) is 13.2. The number of hydrogen-bond donors (Lipinski definition) is 3. The SMILES string of the molecule is Cc1[nH]ncc1CNC(=O)c1ccc2cn[nH]c2c1. The maximum atomic E-state index is 12.0. The van der Waals surface area contributed by atoms with Crippen LogP contribution in [-0.2, 0) is 6.54 Å². The van der Waals surface area contributed by atoms with Crippen LogP contribution in [0.25, 0.3) is 10.9 Å². The lowest BCUT2D eigenvalue weighted by Gasteiger charge is -2.04. The first-order valence-corrected chi connectivity index (χ1v) is 5.94. The fraction of sp³-hybridized carbons (Fsp3) is 0.154. The van der Waals surface area contributed by atoms with Gasteiger partial charge in [-0.1, -0.05) is 6.07 Å². The van der Waals surface area contributed by atoms with Crippen LogP contribution in [0.5, 0.6) is 0 Å². The predicted octanol–water partition coefficient (Wildman–Crippen LogP) is 1.52. The van der Waals surface area contributed by atoms with Crippen molar-refractivity contribution >= 4 is 16.8 Å². The molecule has 6 nitrogen and oxygen atoms in total. The Morgan fingerprint density at radius 3 is 2.89 bits per heavy atom. The molecule has 0 spiro atoms. The lowest BCUT2D eigenvalue weighted by molar-refractivity contribution is 0.0951. The molecule has 0 atom stereocenters. The number of hydrogen-bond acceptors (Lipinski definition) is 3. The standard InChI is InChI=1S/C13H13N5O/c1-8-11(7-15-17-8)5-14-13(19)9-2-3-10-6-16-18-12(10)4-9/h2-4,6-7H,5H2,1H3,(H,14,19)(H,15,17)(H,16,18). The Labute approximate surface area is 109 Å². The van der Waals surface area contributed by atoms with Crippen molar-refractivity contribution in [1.29, 1.82) is 0 Å². The Bertz CT molecular complexity index is 727. The van der Waals surface area contributed by atoms with Crippen molar-refractivity contribution in [2.45, 2.75) is 13.5 Å². The summed E-state index contributed by atoms with van der Waals surface area (Å²) in [5.74, 6) is -0.114. The topological polar surface area (TPSA) is 86.5 Å². The highest BCUT2D eigenvalue weighted by Crippen LogP contribution is 2.12. The molecule has 1 aromatic carbocycles. The summed E-state index contributed by atoms with van der Waals surface area (Å²) in [6.45, 7) is 2.38. The Balaban J connectivity index is 1.74. The molecule has 96 valence electrons. The minimum atomic E-state index is -0.114. The van der Waals surface area contributed by atoms with Gasteiger partial charge in [0.15, 0.2) is 0 Å². The molecule has 0 saturated heterocycles. The lowest BCUT2D eigenvalue weighted by Crippen LogP contribution is -2.22. The van der Waals surface area contributed by atoms with E-state index in [0.717, 1.165) is 22.2 Å². The molecule has 0 fully saturated rings. The number of benzene rings is 1. The number of amides is 1. The monoisotopic (exact) mass is 255 g/mol. The fourth-order valence-electron chi connectivity index (χ4n) is 1.91. The molecule has 0 aliphatic rings. The first-order valence-electron chi connectivity index (χ1n) is 5.94. The molecular weight excluding hydrogens is 242 g/mol. The number of carbonyl (C=O) groups excluding carboxylic acids is 1. The highest BCUT2D eigenvalue weighted by Gasteiger charge is 2.08. The first-order chi connectivity index (χ1) is 9.24. The fourth-order valence-corrected chi connectivity index (χ4v) is 1.91. The molecule has 1 amide bonds. The van der Waals surface area contributed by atoms with Crippen molar-refractivity contribution in [2.75, 3.05) is 0 Å². The van der Waals surface area contributed by atoms with Crippen LogP contribution in [0, 0.1) is 6.92 Å². The van der Waals surface area contributed by atoms with E-state index >= 15 is 0 Å². The largest absolute Gasteiger partial charge is 0.348 e. The summed E-state index contributed by atoms with van der Waals surface area (Å²) < 4.78 is 0. The van der Waals surface area contributed by atoms with Gasteiger partial charge in [-0.2, -0.15) is 10.2 Å². The highest BCUT2D eigenvalue weighted by molar-refractivity contribution is 5.97. The van der Waals surface area contributed by atoms with Crippen LogP contribution >= 0.6 is 0 Å². The van der Waals surface area contributed by atoms with Gasteiger partial charge in [-0.3, -0.25) is 15.0 Å². The van der Waals surface area contributed by atoms with E-state index in [-0.39, 0.29) is 5.91 Å². The Morgan fingerprint density at radius 2 is 2.11 bits per heavy atom. The van der Waals surface area contributed by atoms with E-state index < -0.39 is 0 Å². The number of aryl methyl sites for hydroxylation is 1. The van der Waals surface area contributed by atoms with E-state index in [1.165, 1.54) is 0 Å². The third kappa shape index (κ3) is 2.20. The molecule has 3 N–H and O–H groups in total. The van der Waals surface area contributed by atoms with Gasteiger partial charge in [-0.15, -0.1) is 0 Å². The van der Waals surface area contributed by atoms with Crippen molar-refractivity contribution in [2.24, 2.45) is 0 Å². The molecule has 3 rings (SSSR count). The van der Waals surface area contributed by atoms with Crippen molar-refractivity contribution in [3.8, 4) is 0 Å². The van der Waals surface area contributed by atoms with Gasteiger partial charge >= 0.3 is 0 Å². The van der Waals surface area contributed by atoms with Gasteiger partial charge < -0.3 is 5.32 Å². The van der Waals surface area contributed by atoms with Crippen LogP contribution in [0.1, 0.15) is 21.6 Å². The van der Waals surface area contributed by atoms with Crippen LogP contribution in [-0.4, -0.2) is 26.3 Å². The summed E-state index contributed by atoms with van der Waals surface area (Å²) in [4.78, 5) is 12.0. The molecule has 0 radical (unpaired) electrons. The molecule has 2 aromatic heterocycles. The maximum Gasteiger partial charge on any atom is 0.251 e. The summed E-state index contributed by atoms with van der Waals surface area (Å²) in [6.07, 6.45) is 3.44. The van der Waals surface area contributed by atoms with E-state index in [4.69, 9.17) is 0 Å². The van der Waals surface area contributed by atoms with Crippen molar-refractivity contribution in [3.05, 3.63) is 47.4 Å². The summed E-state index contributed by atoms with van der Waals surface area (Å²) in [5.41, 5.74) is 3.41. The lowest BCUT2D eigenvalue weighted by atomic mass is 10.1. The van der Waals surface area contributed by atoms with E-state index in [1.54, 1.807) is 24.5 Å². The number of nitrogens with one attached hydrogen (secondary N) is 3. The van der Waals surface area contributed by atoms with Gasteiger partial charge in [0, 0.05) is 28.8 Å². The third-order valence-corrected chi connectivity index (χ3v) is 3.08. The van der Waals surface area contributed by atoms with E-state index in [0.29, 0.717) is 12.1 Å². The second kappa shape index (κ2) is 4.56. The van der Waals surface area contributed by atoms with Crippen LogP contribution in [0.3, 0.4) is 0 Å². The minimum Gasteiger partial charge on any atom is -0.348 e. The number of aromatic amines is 2. The predicted molar refractivity (Wildman–Crippen MR) is 70.6 cm³/mol. The average Bonchev–Trinajstić information content (AvgIpc) is 3.03. The highest BCUT2D eigenvalue weighted by atomic mass is 16.1. The molecule has 0 bridgehead atoms. The molecular formula is C13H13N5O. The van der Waals surface area contributed by atoms with E-state index in [2.05, 4.69) is 25.7 Å². The van der Waals surface area contributed by atoms with Crippen LogP contribution < -0.4 is 5.32 Å². The Kier molecular flexibility index (Phi) is 2.75. The number of H-pyrrole nitrogens is 2. The first kappa shape index (κ1) is 11.5. The van der Waals surface area contributed by atoms with Gasteiger partial charge in [-0.25, -0.2) is 0 Å². The van der Waals surface area contributed by atoms with Gasteiger partial charge in [0.2, 0.25) is 0 Å². The van der Waals surface area contributed by atoms with Crippen molar-refractivity contribution in [3.63, 3.8) is 0 Å². The minimum absolute atomic E-state index is 0.114. The number of nitrogens with zero attached hydrogens (tertiary/aromatic N) is 2. The Hall–Kier alpha value is -2.63. The van der Waals surface area contributed by atoms with E-state index in [1.807, 2.05) is 13.0 Å². The number of fused-ring (bicyclic) bond motifs is 1. The normalized spacial score (nSPS) is 10.8. The van der Waals surface area contributed by atoms with Crippen LogP contribution in [0.15, 0.2) is 30.6 Å². The van der Waals surface area contributed by atoms with Gasteiger partial charge in [-0.05, 0) is 19.1 Å². The van der Waals surface area contributed by atoms with Gasteiger partial charge in [0.25, 0.3) is 5.91 Å². The third-order valence-electron chi connectivity index (χ3n) is 3.08. The molecule has 3 aromatic rings. The summed E-state index contributed by atoms with van der Waals surface area (Å²) >= 11 is 0. The quantitative estimate of drug-likeness (QED) is 0.663. The van der Waals surface area contributed by atoms with Crippen LogP contribution in [0.2, 0.25) is 0 Å². The van der Waals surface area contributed by atoms with Gasteiger partial charge in [0.05, 0.1) is 17.9 Å². The Morgan fingerprint density at radius 1 is 1.26 bits per heavy atom. The number of aromatic nitrogens is 4. The zero-order valence-electron chi connectivity index (χ0n) is 10.4. The van der Waals surface area contributed by atoms with Gasteiger partial charge in [0.1, 0.15) is 0 Å². The molecule has 6 heteroatoms. The number of rotatable bonds is 3. The summed E-state index contributed by atoms with van der Waals surface area (Å²) in [5, 5.41) is 17.4.